The number of rotatable bonds is 0. The van der Waals surface area contributed by atoms with Crippen molar-refractivity contribution in [1.29, 1.82) is 0 Å². The molecule has 0 radical (unpaired) electrons. The van der Waals surface area contributed by atoms with Gasteiger partial charge in [-0.25, -0.2) is 4.39 Å². The zero-order chi connectivity index (χ0) is 10.4. The van der Waals surface area contributed by atoms with Gasteiger partial charge in [-0.3, -0.25) is 4.79 Å². The van der Waals surface area contributed by atoms with Crippen molar-refractivity contribution < 1.29 is 4.39 Å². The first kappa shape index (κ1) is 8.61. The lowest BCUT2D eigenvalue weighted by atomic mass is 10.1. The van der Waals surface area contributed by atoms with Crippen molar-refractivity contribution in [1.82, 2.24) is 4.98 Å². The van der Waals surface area contributed by atoms with Gasteiger partial charge in [-0.05, 0) is 23.6 Å². The van der Waals surface area contributed by atoms with Crippen molar-refractivity contribution in [3.8, 4) is 0 Å². The molecule has 0 unspecified atom stereocenters. The summed E-state index contributed by atoms with van der Waals surface area (Å²) >= 11 is 1.33. The fourth-order valence-electron chi connectivity index (χ4n) is 1.76. The minimum absolute atomic E-state index is 0.155. The van der Waals surface area contributed by atoms with E-state index in [0.29, 0.717) is 21.0 Å². The van der Waals surface area contributed by atoms with E-state index in [9.17, 15) is 9.18 Å². The van der Waals surface area contributed by atoms with E-state index in [1.807, 2.05) is 0 Å². The Morgan fingerprint density at radius 2 is 2.13 bits per heavy atom. The highest BCUT2D eigenvalue weighted by Gasteiger charge is 2.09. The molecule has 0 atom stereocenters. The van der Waals surface area contributed by atoms with E-state index in [4.69, 9.17) is 0 Å². The van der Waals surface area contributed by atoms with Crippen molar-refractivity contribution in [2.45, 2.75) is 0 Å². The summed E-state index contributed by atoms with van der Waals surface area (Å²) in [6.07, 6.45) is 0. The number of pyridine rings is 1. The molecule has 0 saturated heterocycles. The summed E-state index contributed by atoms with van der Waals surface area (Å²) in [5.74, 6) is -0.299. The number of hydrogen-bond acceptors (Lipinski definition) is 2. The summed E-state index contributed by atoms with van der Waals surface area (Å²) in [4.78, 5) is 14.3. The van der Waals surface area contributed by atoms with E-state index in [2.05, 4.69) is 4.98 Å². The molecule has 0 amide bonds. The van der Waals surface area contributed by atoms with Crippen LogP contribution in [0.3, 0.4) is 0 Å². The predicted octanol–water partition coefficient (Wildman–Crippen LogP) is 2.88. The second-order valence-corrected chi connectivity index (χ2v) is 4.20. The van der Waals surface area contributed by atoms with Crippen LogP contribution in [0.5, 0.6) is 0 Å². The van der Waals surface area contributed by atoms with Crippen molar-refractivity contribution in [2.24, 2.45) is 0 Å². The predicted molar refractivity (Wildman–Crippen MR) is 59.9 cm³/mol. The number of nitrogens with one attached hydrogen (secondary N) is 1. The number of H-pyrrole nitrogens is 1. The first-order valence-electron chi connectivity index (χ1n) is 4.45. The van der Waals surface area contributed by atoms with E-state index in [-0.39, 0.29) is 11.4 Å². The lowest BCUT2D eigenvalue weighted by molar-refractivity contribution is 0.640. The number of fused-ring (bicyclic) bond motifs is 3. The van der Waals surface area contributed by atoms with Crippen molar-refractivity contribution in [3.63, 3.8) is 0 Å². The molecule has 1 N–H and O–H groups in total. The normalized spacial score (nSPS) is 11.3. The Bertz CT molecular complexity index is 713. The Hall–Kier alpha value is -1.68. The van der Waals surface area contributed by atoms with Gasteiger partial charge >= 0.3 is 0 Å². The van der Waals surface area contributed by atoms with Crippen molar-refractivity contribution >= 4 is 32.3 Å². The maximum atomic E-state index is 13.6. The van der Waals surface area contributed by atoms with E-state index < -0.39 is 0 Å². The minimum Gasteiger partial charge on any atom is -0.321 e. The molecule has 15 heavy (non-hydrogen) atoms. The fraction of sp³-hybridized carbons (Fsp3) is 0. The van der Waals surface area contributed by atoms with E-state index in [0.717, 1.165) is 0 Å². The standard InChI is InChI=1S/C11H6FNOS/c12-7-2-1-3-8-9(7)6-4-5-15-10(6)11(14)13-8/h1-5H,(H,13,14). The Labute approximate surface area is 88.0 Å². The van der Waals surface area contributed by atoms with Gasteiger partial charge in [-0.1, -0.05) is 6.07 Å². The number of aromatic nitrogens is 1. The lowest BCUT2D eigenvalue weighted by Gasteiger charge is -2.00. The highest BCUT2D eigenvalue weighted by atomic mass is 32.1. The third-order valence-electron chi connectivity index (χ3n) is 2.40. The molecule has 0 spiro atoms. The number of hydrogen-bond donors (Lipinski definition) is 1. The lowest BCUT2D eigenvalue weighted by Crippen LogP contribution is -2.04. The maximum absolute atomic E-state index is 13.6. The van der Waals surface area contributed by atoms with Crippen LogP contribution in [0, 0.1) is 5.82 Å². The Kier molecular flexibility index (Phi) is 1.67. The van der Waals surface area contributed by atoms with Gasteiger partial charge in [0.05, 0.1) is 5.52 Å². The molecule has 74 valence electrons. The second-order valence-electron chi connectivity index (χ2n) is 3.28. The summed E-state index contributed by atoms with van der Waals surface area (Å²) in [6, 6.07) is 6.47. The molecule has 0 aliphatic carbocycles. The smallest absolute Gasteiger partial charge is 0.266 e. The molecule has 0 aliphatic rings. The highest BCUT2D eigenvalue weighted by Crippen LogP contribution is 2.26. The van der Waals surface area contributed by atoms with Gasteiger partial charge in [0.25, 0.3) is 5.56 Å². The maximum Gasteiger partial charge on any atom is 0.266 e. The van der Waals surface area contributed by atoms with Crippen LogP contribution in [-0.2, 0) is 0 Å². The second kappa shape index (κ2) is 2.90. The molecule has 0 bridgehead atoms. The Morgan fingerprint density at radius 1 is 1.27 bits per heavy atom. The first-order chi connectivity index (χ1) is 7.27. The monoisotopic (exact) mass is 219 g/mol. The van der Waals surface area contributed by atoms with Crippen LogP contribution in [0.4, 0.5) is 4.39 Å². The molecule has 2 heterocycles. The average molecular weight is 219 g/mol. The molecule has 0 saturated carbocycles. The molecule has 3 aromatic rings. The molecule has 2 aromatic heterocycles. The molecule has 2 nitrogen and oxygen atoms in total. The van der Waals surface area contributed by atoms with Crippen LogP contribution in [0.1, 0.15) is 0 Å². The zero-order valence-electron chi connectivity index (χ0n) is 7.58. The Balaban J connectivity index is 2.74. The van der Waals surface area contributed by atoms with Gasteiger partial charge in [0, 0.05) is 10.8 Å². The van der Waals surface area contributed by atoms with E-state index in [1.165, 1.54) is 17.4 Å². The number of thiophene rings is 1. The molecule has 0 aliphatic heterocycles. The number of aromatic amines is 1. The van der Waals surface area contributed by atoms with E-state index >= 15 is 0 Å². The van der Waals surface area contributed by atoms with Crippen LogP contribution >= 0.6 is 11.3 Å². The van der Waals surface area contributed by atoms with Crippen LogP contribution in [0.25, 0.3) is 21.0 Å². The molecule has 0 fully saturated rings. The summed E-state index contributed by atoms with van der Waals surface area (Å²) in [5, 5.41) is 2.98. The summed E-state index contributed by atoms with van der Waals surface area (Å²) in [7, 11) is 0. The largest absolute Gasteiger partial charge is 0.321 e. The quantitative estimate of drug-likeness (QED) is 0.619. The first-order valence-corrected chi connectivity index (χ1v) is 5.33. The third-order valence-corrected chi connectivity index (χ3v) is 3.32. The van der Waals surface area contributed by atoms with Gasteiger partial charge in [0.15, 0.2) is 0 Å². The molecular weight excluding hydrogens is 213 g/mol. The molecular formula is C11H6FNOS. The summed E-state index contributed by atoms with van der Waals surface area (Å²) in [5.41, 5.74) is 0.393. The van der Waals surface area contributed by atoms with Gasteiger partial charge in [0.1, 0.15) is 10.5 Å². The number of halogens is 1. The fourth-order valence-corrected chi connectivity index (χ4v) is 2.56. The van der Waals surface area contributed by atoms with Crippen LogP contribution in [0.15, 0.2) is 34.4 Å². The zero-order valence-corrected chi connectivity index (χ0v) is 8.40. The molecule has 4 heteroatoms. The van der Waals surface area contributed by atoms with Crippen LogP contribution in [-0.4, -0.2) is 4.98 Å². The Morgan fingerprint density at radius 3 is 3.00 bits per heavy atom. The van der Waals surface area contributed by atoms with Crippen LogP contribution in [0.2, 0.25) is 0 Å². The van der Waals surface area contributed by atoms with E-state index in [1.54, 1.807) is 23.6 Å². The van der Waals surface area contributed by atoms with Gasteiger partial charge in [-0.15, -0.1) is 11.3 Å². The van der Waals surface area contributed by atoms with Crippen molar-refractivity contribution in [3.05, 3.63) is 45.8 Å². The topological polar surface area (TPSA) is 32.9 Å². The molecule has 1 aromatic carbocycles. The highest BCUT2D eigenvalue weighted by molar-refractivity contribution is 7.17. The number of benzene rings is 1. The van der Waals surface area contributed by atoms with Gasteiger partial charge in [0.2, 0.25) is 0 Å². The summed E-state index contributed by atoms with van der Waals surface area (Å²) in [6.45, 7) is 0. The van der Waals surface area contributed by atoms with Gasteiger partial charge < -0.3 is 4.98 Å². The van der Waals surface area contributed by atoms with Crippen molar-refractivity contribution in [2.75, 3.05) is 0 Å². The average Bonchev–Trinajstić information content (AvgIpc) is 2.66. The SMILES string of the molecule is O=c1[nH]c2cccc(F)c2c2ccsc12. The minimum atomic E-state index is -0.299. The molecule has 3 rings (SSSR count). The third kappa shape index (κ3) is 1.11. The van der Waals surface area contributed by atoms with Gasteiger partial charge in [-0.2, -0.15) is 0 Å². The van der Waals surface area contributed by atoms with Crippen LogP contribution < -0.4 is 5.56 Å². The summed E-state index contributed by atoms with van der Waals surface area (Å²) < 4.78 is 14.2.